The third kappa shape index (κ3) is 4.77. The summed E-state index contributed by atoms with van der Waals surface area (Å²) in [5, 5.41) is 0. The Morgan fingerprint density at radius 1 is 1.30 bits per heavy atom. The van der Waals surface area contributed by atoms with Crippen molar-refractivity contribution in [2.24, 2.45) is 11.1 Å². The number of hydrogen-bond donors (Lipinski definition) is 1. The van der Waals surface area contributed by atoms with Crippen molar-refractivity contribution < 1.29 is 0 Å². The molecule has 0 fully saturated rings. The van der Waals surface area contributed by atoms with E-state index in [1.165, 1.54) is 6.42 Å². The van der Waals surface area contributed by atoms with Crippen molar-refractivity contribution in [1.29, 1.82) is 0 Å². The van der Waals surface area contributed by atoms with Gasteiger partial charge in [0.1, 0.15) is 0 Å². The summed E-state index contributed by atoms with van der Waals surface area (Å²) in [4.78, 5) is 2.19. The molecule has 0 atom stereocenters. The van der Waals surface area contributed by atoms with Gasteiger partial charge in [0.2, 0.25) is 0 Å². The zero-order chi connectivity index (χ0) is 8.20. The summed E-state index contributed by atoms with van der Waals surface area (Å²) >= 11 is 0. The van der Waals surface area contributed by atoms with E-state index in [4.69, 9.17) is 5.73 Å². The molecule has 0 amide bonds. The molecule has 0 aromatic rings. The molecule has 0 aromatic heterocycles. The van der Waals surface area contributed by atoms with Crippen molar-refractivity contribution >= 4 is 0 Å². The maximum atomic E-state index is 5.57. The molecule has 0 saturated heterocycles. The summed E-state index contributed by atoms with van der Waals surface area (Å²) in [6, 6.07) is 0. The van der Waals surface area contributed by atoms with Gasteiger partial charge in [0, 0.05) is 0 Å². The van der Waals surface area contributed by atoms with Crippen LogP contribution in [0.4, 0.5) is 0 Å². The van der Waals surface area contributed by atoms with Crippen LogP contribution in [-0.4, -0.2) is 32.1 Å². The highest BCUT2D eigenvalue weighted by atomic mass is 15.0. The standard InChI is InChI=1S/C8H20N2/c1-8(2,7-9)5-6-10(3)4/h5-7,9H2,1-4H3. The molecule has 0 radical (unpaired) electrons. The molecule has 0 heterocycles. The smallest absolute Gasteiger partial charge is 0.00193 e. The minimum absolute atomic E-state index is 0.310. The molecule has 2 N–H and O–H groups in total. The third-order valence-corrected chi connectivity index (χ3v) is 1.79. The highest BCUT2D eigenvalue weighted by Crippen LogP contribution is 2.17. The lowest BCUT2D eigenvalue weighted by Crippen LogP contribution is -2.28. The second-order valence-corrected chi connectivity index (χ2v) is 3.92. The lowest BCUT2D eigenvalue weighted by Gasteiger charge is -2.23. The molecule has 2 nitrogen and oxygen atoms in total. The van der Waals surface area contributed by atoms with E-state index in [0.29, 0.717) is 5.41 Å². The van der Waals surface area contributed by atoms with Gasteiger partial charge in [-0.25, -0.2) is 0 Å². The Kier molecular flexibility index (Phi) is 3.91. The van der Waals surface area contributed by atoms with E-state index in [0.717, 1.165) is 13.1 Å². The van der Waals surface area contributed by atoms with E-state index >= 15 is 0 Å². The lowest BCUT2D eigenvalue weighted by molar-refractivity contribution is 0.282. The molecule has 0 aliphatic heterocycles. The number of hydrogen-bond acceptors (Lipinski definition) is 2. The van der Waals surface area contributed by atoms with Gasteiger partial charge in [-0.2, -0.15) is 0 Å². The summed E-state index contributed by atoms with van der Waals surface area (Å²) in [5.41, 5.74) is 5.88. The normalized spacial score (nSPS) is 12.6. The van der Waals surface area contributed by atoms with Crippen molar-refractivity contribution in [2.45, 2.75) is 20.3 Å². The fourth-order valence-corrected chi connectivity index (χ4v) is 0.628. The second-order valence-electron chi connectivity index (χ2n) is 3.92. The molecule has 0 aliphatic carbocycles. The predicted molar refractivity (Wildman–Crippen MR) is 46.0 cm³/mol. The molecular weight excluding hydrogens is 124 g/mol. The minimum atomic E-state index is 0.310. The highest BCUT2D eigenvalue weighted by Gasteiger charge is 2.14. The minimum Gasteiger partial charge on any atom is -0.330 e. The zero-order valence-electron chi connectivity index (χ0n) is 7.65. The highest BCUT2D eigenvalue weighted by molar-refractivity contribution is 4.69. The first-order chi connectivity index (χ1) is 4.48. The Balaban J connectivity index is 3.46. The Labute approximate surface area is 64.4 Å². The van der Waals surface area contributed by atoms with Crippen molar-refractivity contribution in [3.8, 4) is 0 Å². The third-order valence-electron chi connectivity index (χ3n) is 1.79. The fraction of sp³-hybridized carbons (Fsp3) is 1.00. The Morgan fingerprint density at radius 3 is 2.10 bits per heavy atom. The van der Waals surface area contributed by atoms with E-state index in [-0.39, 0.29) is 0 Å². The van der Waals surface area contributed by atoms with E-state index in [1.54, 1.807) is 0 Å². The van der Waals surface area contributed by atoms with Crippen LogP contribution in [0.2, 0.25) is 0 Å². The Hall–Kier alpha value is -0.0800. The van der Waals surface area contributed by atoms with Gasteiger partial charge in [-0.1, -0.05) is 13.8 Å². The van der Waals surface area contributed by atoms with Gasteiger partial charge in [-0.05, 0) is 39.0 Å². The van der Waals surface area contributed by atoms with Crippen LogP contribution < -0.4 is 5.73 Å². The zero-order valence-corrected chi connectivity index (χ0v) is 7.65. The first kappa shape index (κ1) is 9.92. The quantitative estimate of drug-likeness (QED) is 0.636. The molecule has 0 rings (SSSR count). The average Bonchev–Trinajstić information content (AvgIpc) is 1.85. The molecule has 0 saturated carbocycles. The summed E-state index contributed by atoms with van der Waals surface area (Å²) in [6.07, 6.45) is 1.18. The lowest BCUT2D eigenvalue weighted by atomic mass is 9.89. The molecule has 0 aliphatic rings. The van der Waals surface area contributed by atoms with Gasteiger partial charge >= 0.3 is 0 Å². The summed E-state index contributed by atoms with van der Waals surface area (Å²) in [5.74, 6) is 0. The van der Waals surface area contributed by atoms with Crippen LogP contribution in [0, 0.1) is 5.41 Å². The van der Waals surface area contributed by atoms with Gasteiger partial charge in [0.05, 0.1) is 0 Å². The monoisotopic (exact) mass is 144 g/mol. The average molecular weight is 144 g/mol. The molecule has 0 unspecified atom stereocenters. The summed E-state index contributed by atoms with van der Waals surface area (Å²) < 4.78 is 0. The Morgan fingerprint density at radius 2 is 1.80 bits per heavy atom. The molecular formula is C8H20N2. The van der Waals surface area contributed by atoms with Gasteiger partial charge in [0.25, 0.3) is 0 Å². The molecule has 0 bridgehead atoms. The first-order valence-electron chi connectivity index (χ1n) is 3.83. The van der Waals surface area contributed by atoms with E-state index in [1.807, 2.05) is 0 Å². The molecule has 0 spiro atoms. The van der Waals surface area contributed by atoms with E-state index < -0.39 is 0 Å². The number of nitrogens with two attached hydrogens (primary N) is 1. The van der Waals surface area contributed by atoms with Crippen LogP contribution in [0.5, 0.6) is 0 Å². The number of nitrogens with zero attached hydrogens (tertiary/aromatic N) is 1. The Bertz CT molecular complexity index is 87.3. The van der Waals surface area contributed by atoms with Crippen LogP contribution in [0.15, 0.2) is 0 Å². The van der Waals surface area contributed by atoms with E-state index in [2.05, 4.69) is 32.8 Å². The first-order valence-corrected chi connectivity index (χ1v) is 3.83. The van der Waals surface area contributed by atoms with Gasteiger partial charge < -0.3 is 10.6 Å². The van der Waals surface area contributed by atoms with E-state index in [9.17, 15) is 0 Å². The van der Waals surface area contributed by atoms with Gasteiger partial charge in [0.15, 0.2) is 0 Å². The summed E-state index contributed by atoms with van der Waals surface area (Å²) in [6.45, 7) is 6.32. The van der Waals surface area contributed by atoms with Crippen LogP contribution in [-0.2, 0) is 0 Å². The van der Waals surface area contributed by atoms with Crippen LogP contribution in [0.3, 0.4) is 0 Å². The van der Waals surface area contributed by atoms with Crippen LogP contribution in [0.1, 0.15) is 20.3 Å². The maximum Gasteiger partial charge on any atom is -0.00193 e. The van der Waals surface area contributed by atoms with Crippen molar-refractivity contribution in [2.75, 3.05) is 27.2 Å². The SMILES string of the molecule is CN(C)CCC(C)(C)CN. The van der Waals surface area contributed by atoms with Crippen molar-refractivity contribution in [3.05, 3.63) is 0 Å². The molecule has 2 heteroatoms. The molecule has 10 heavy (non-hydrogen) atoms. The predicted octanol–water partition coefficient (Wildman–Crippen LogP) is 0.923. The summed E-state index contributed by atoms with van der Waals surface area (Å²) in [7, 11) is 4.18. The van der Waals surface area contributed by atoms with Crippen LogP contribution in [0.25, 0.3) is 0 Å². The fourth-order valence-electron chi connectivity index (χ4n) is 0.628. The van der Waals surface area contributed by atoms with Crippen LogP contribution >= 0.6 is 0 Å². The van der Waals surface area contributed by atoms with Crippen molar-refractivity contribution in [3.63, 3.8) is 0 Å². The van der Waals surface area contributed by atoms with Gasteiger partial charge in [-0.3, -0.25) is 0 Å². The van der Waals surface area contributed by atoms with Gasteiger partial charge in [-0.15, -0.1) is 0 Å². The maximum absolute atomic E-state index is 5.57. The number of rotatable bonds is 4. The largest absolute Gasteiger partial charge is 0.330 e. The van der Waals surface area contributed by atoms with Crippen molar-refractivity contribution in [1.82, 2.24) is 4.90 Å². The molecule has 62 valence electrons. The second kappa shape index (κ2) is 3.94. The topological polar surface area (TPSA) is 29.3 Å². The molecule has 0 aromatic carbocycles.